The van der Waals surface area contributed by atoms with Crippen molar-refractivity contribution in [3.63, 3.8) is 0 Å². The molecule has 4 rings (SSSR count). The number of carbonyl (C=O) groups is 8. The Labute approximate surface area is 306 Å². The largest absolute Gasteiger partial charge is 0.479 e. The third-order valence-electron chi connectivity index (χ3n) is 8.15. The molecule has 2 saturated heterocycles. The number of esters is 4. The zero-order chi connectivity index (χ0) is 40.1. The Kier molecular flexibility index (Phi) is 12.2. The Bertz CT molecular complexity index is 1920. The summed E-state index contributed by atoms with van der Waals surface area (Å²) in [6.45, 7) is 2.83. The number of urea groups is 1. The lowest BCUT2D eigenvalue weighted by Crippen LogP contribution is -2.65. The number of piperidine rings is 1. The Morgan fingerprint density at radius 1 is 0.778 bits per heavy atom. The molecule has 0 saturated carbocycles. The average molecular weight is 779 g/mol. The van der Waals surface area contributed by atoms with Crippen LogP contribution in [0.1, 0.15) is 61.3 Å². The van der Waals surface area contributed by atoms with Gasteiger partial charge in [0.15, 0.2) is 23.0 Å². The van der Waals surface area contributed by atoms with Gasteiger partial charge in [0.2, 0.25) is 0 Å². The van der Waals surface area contributed by atoms with E-state index in [1.165, 1.54) is 24.3 Å². The van der Waals surface area contributed by atoms with Gasteiger partial charge >= 0.3 is 46.3 Å². The van der Waals surface area contributed by atoms with Crippen LogP contribution in [-0.2, 0) is 38.7 Å². The van der Waals surface area contributed by atoms with Gasteiger partial charge in [-0.3, -0.25) is 33.3 Å². The molecule has 0 unspecified atom stereocenters. The lowest BCUT2D eigenvalue weighted by atomic mass is 9.75. The first-order valence-electron chi connectivity index (χ1n) is 15.8. The fourth-order valence-corrected chi connectivity index (χ4v) is 6.40. The first-order chi connectivity index (χ1) is 25.2. The van der Waals surface area contributed by atoms with E-state index in [2.05, 4.69) is 14.9 Å². The highest BCUT2D eigenvalue weighted by Crippen LogP contribution is 2.42. The van der Waals surface area contributed by atoms with Gasteiger partial charge in [-0.2, -0.15) is 13.5 Å². The molecule has 2 aromatic rings. The summed E-state index contributed by atoms with van der Waals surface area (Å²) in [5.41, 5.74) is -2.52. The molecule has 2 aliphatic rings. The Balaban J connectivity index is 1.68. The molecule has 4 N–H and O–H groups in total. The number of amides is 4. The number of aliphatic carboxylic acids is 1. The van der Waals surface area contributed by atoms with Gasteiger partial charge in [-0.25, -0.2) is 9.59 Å². The van der Waals surface area contributed by atoms with Gasteiger partial charge in [-0.05, 0) is 49.2 Å². The standard InChI is InChI=1S/C32H34N4O17S/c1-16(37)49-24-7-5-20(11-26(24)51-18(3)39)28(41)33-13-22(14-34-29(42)21-6-8-25(50-17(2)38)27(12-21)52-19(4)40)32(30(43)44)10-9-23-15-35(32)31(45)36(23)53-54(46,47)48/h5-8,11-12,22-23H,9-10,13-15H2,1-4H3,(H,33,41)(H,34,42)(H,43,44)(H,46,47,48)/t23-,32+/m1/s1. The van der Waals surface area contributed by atoms with Crippen LogP contribution in [0.3, 0.4) is 0 Å². The summed E-state index contributed by atoms with van der Waals surface area (Å²) in [6, 6.07) is 4.71. The number of nitrogens with one attached hydrogen (secondary N) is 2. The van der Waals surface area contributed by atoms with E-state index in [4.69, 9.17) is 18.9 Å². The zero-order valence-electron chi connectivity index (χ0n) is 29.0. The van der Waals surface area contributed by atoms with Crippen LogP contribution in [0.15, 0.2) is 36.4 Å². The molecule has 2 aromatic carbocycles. The smallest absolute Gasteiger partial charge is 0.418 e. The molecule has 0 spiro atoms. The van der Waals surface area contributed by atoms with Crippen LogP contribution >= 0.6 is 0 Å². The zero-order valence-corrected chi connectivity index (χ0v) is 29.8. The minimum Gasteiger partial charge on any atom is -0.479 e. The minimum atomic E-state index is -5.20. The molecule has 2 heterocycles. The van der Waals surface area contributed by atoms with E-state index < -0.39 is 88.7 Å². The monoisotopic (exact) mass is 778 g/mol. The summed E-state index contributed by atoms with van der Waals surface area (Å²) in [7, 11) is -5.20. The van der Waals surface area contributed by atoms with Crippen LogP contribution < -0.4 is 29.6 Å². The highest BCUT2D eigenvalue weighted by atomic mass is 32.3. The van der Waals surface area contributed by atoms with Crippen molar-refractivity contribution in [3.05, 3.63) is 47.5 Å². The predicted octanol–water partition coefficient (Wildman–Crippen LogP) is 0.622. The highest BCUT2D eigenvalue weighted by molar-refractivity contribution is 7.80. The molecule has 2 aliphatic heterocycles. The van der Waals surface area contributed by atoms with Crippen LogP contribution in [0, 0.1) is 5.92 Å². The normalized spacial score (nSPS) is 17.7. The third-order valence-corrected chi connectivity index (χ3v) is 8.50. The van der Waals surface area contributed by atoms with Crippen LogP contribution in [0.2, 0.25) is 0 Å². The molecule has 290 valence electrons. The summed E-state index contributed by atoms with van der Waals surface area (Å²) in [6.07, 6.45) is -0.503. The maximum Gasteiger partial charge on any atom is 0.418 e. The van der Waals surface area contributed by atoms with Crippen molar-refractivity contribution in [3.8, 4) is 23.0 Å². The van der Waals surface area contributed by atoms with Crippen molar-refractivity contribution >= 4 is 58.1 Å². The lowest BCUT2D eigenvalue weighted by Gasteiger charge is -2.45. The number of hydroxylamine groups is 2. The first-order valence-corrected chi connectivity index (χ1v) is 17.2. The molecule has 2 bridgehead atoms. The molecule has 22 heteroatoms. The number of carbonyl (C=O) groups excluding carboxylic acids is 7. The van der Waals surface area contributed by atoms with Gasteiger partial charge in [-0.1, -0.05) is 0 Å². The van der Waals surface area contributed by atoms with Gasteiger partial charge in [0, 0.05) is 64.4 Å². The second kappa shape index (κ2) is 16.3. The van der Waals surface area contributed by atoms with E-state index >= 15 is 0 Å². The first kappa shape index (κ1) is 40.6. The number of benzene rings is 2. The fourth-order valence-electron chi connectivity index (χ4n) is 6.01. The highest BCUT2D eigenvalue weighted by Gasteiger charge is 2.61. The van der Waals surface area contributed by atoms with Crippen molar-refractivity contribution < 1.29 is 79.7 Å². The number of hydrogen-bond donors (Lipinski definition) is 4. The Morgan fingerprint density at radius 3 is 1.59 bits per heavy atom. The third kappa shape index (κ3) is 9.45. The number of ether oxygens (including phenoxy) is 4. The van der Waals surface area contributed by atoms with Crippen LogP contribution in [0.25, 0.3) is 0 Å². The van der Waals surface area contributed by atoms with Crippen molar-refractivity contribution in [2.75, 3.05) is 19.6 Å². The summed E-state index contributed by atoms with van der Waals surface area (Å²) >= 11 is 0. The topological polar surface area (TPSA) is 288 Å². The predicted molar refractivity (Wildman–Crippen MR) is 176 cm³/mol. The van der Waals surface area contributed by atoms with E-state index in [0.29, 0.717) is 5.06 Å². The van der Waals surface area contributed by atoms with E-state index in [9.17, 15) is 56.4 Å². The average Bonchev–Trinajstić information content (AvgIpc) is 3.30. The summed E-state index contributed by atoms with van der Waals surface area (Å²) in [5, 5.41) is 16.1. The molecule has 4 amide bonds. The quantitative estimate of drug-likeness (QED) is 0.116. The molecule has 54 heavy (non-hydrogen) atoms. The minimum absolute atomic E-state index is 0.145. The second-order valence-electron chi connectivity index (χ2n) is 12.0. The van der Waals surface area contributed by atoms with Gasteiger partial charge in [0.05, 0.1) is 6.04 Å². The van der Waals surface area contributed by atoms with Crippen molar-refractivity contribution in [2.24, 2.45) is 5.92 Å². The van der Waals surface area contributed by atoms with Crippen molar-refractivity contribution in [1.82, 2.24) is 20.6 Å². The molecule has 2 fully saturated rings. The summed E-state index contributed by atoms with van der Waals surface area (Å²) in [5.74, 6) is -8.75. The van der Waals surface area contributed by atoms with Gasteiger partial charge in [-0.15, -0.1) is 4.28 Å². The van der Waals surface area contributed by atoms with E-state index in [1.807, 2.05) is 0 Å². The maximum absolute atomic E-state index is 13.4. The van der Waals surface area contributed by atoms with E-state index in [0.717, 1.165) is 44.7 Å². The fraction of sp³-hybridized carbons (Fsp3) is 0.375. The molecule has 0 aromatic heterocycles. The number of fused-ring (bicyclic) bond motifs is 2. The van der Waals surface area contributed by atoms with Crippen LogP contribution in [0.4, 0.5) is 4.79 Å². The SMILES string of the molecule is CC(=O)Oc1ccc(C(=O)NCC(CNC(=O)c2ccc(OC(C)=O)c(OC(C)=O)c2)[C@]2(C(=O)O)CC[C@@H]3CN2C(=O)N3OS(=O)(=O)O)cc1OC(C)=O. The number of carboxylic acid groups (broad SMARTS) is 1. The molecule has 21 nitrogen and oxygen atoms in total. The lowest BCUT2D eigenvalue weighted by molar-refractivity contribution is -0.155. The van der Waals surface area contributed by atoms with Gasteiger partial charge in [0.1, 0.15) is 5.54 Å². The molecule has 0 radical (unpaired) electrons. The number of hydrogen-bond acceptors (Lipinski definition) is 15. The molecule has 0 aliphatic carbocycles. The van der Waals surface area contributed by atoms with Gasteiger partial charge in [0.25, 0.3) is 11.8 Å². The van der Waals surface area contributed by atoms with Crippen molar-refractivity contribution in [2.45, 2.75) is 52.1 Å². The number of carboxylic acids is 1. The Morgan fingerprint density at radius 2 is 1.20 bits per heavy atom. The van der Waals surface area contributed by atoms with Gasteiger partial charge < -0.3 is 39.6 Å². The summed E-state index contributed by atoms with van der Waals surface area (Å²) < 4.78 is 56.8. The maximum atomic E-state index is 13.4. The molecule has 2 atom stereocenters. The number of nitrogens with zero attached hydrogens (tertiary/aromatic N) is 2. The van der Waals surface area contributed by atoms with E-state index in [1.54, 1.807) is 0 Å². The summed E-state index contributed by atoms with van der Waals surface area (Å²) in [4.78, 5) is 101. The van der Waals surface area contributed by atoms with E-state index in [-0.39, 0.29) is 53.5 Å². The van der Waals surface area contributed by atoms with Crippen LogP contribution in [-0.4, -0.2) is 107 Å². The van der Waals surface area contributed by atoms with Crippen molar-refractivity contribution in [1.29, 1.82) is 0 Å². The number of rotatable bonds is 14. The van der Waals surface area contributed by atoms with Crippen LogP contribution in [0.5, 0.6) is 23.0 Å². The second-order valence-corrected chi connectivity index (χ2v) is 13.0. The molecular formula is C32H34N4O17S. The Hall–Kier alpha value is -6.13. The molecular weight excluding hydrogens is 744 g/mol.